The molecular weight excluding hydrogens is 514 g/mol. The summed E-state index contributed by atoms with van der Waals surface area (Å²) in [4.78, 5) is 35.7. The Morgan fingerprint density at radius 3 is 2.72 bits per heavy atom. The lowest BCUT2D eigenvalue weighted by molar-refractivity contribution is -0.118. The summed E-state index contributed by atoms with van der Waals surface area (Å²) in [6, 6.07) is 15.8. The number of nitrogens with one attached hydrogen (secondary N) is 2. The number of benzene rings is 1. The third-order valence-corrected chi connectivity index (χ3v) is 8.02. The number of fused-ring (bicyclic) bond motifs is 1. The van der Waals surface area contributed by atoms with E-state index in [4.69, 9.17) is 16.7 Å². The molecule has 0 radical (unpaired) electrons. The van der Waals surface area contributed by atoms with Crippen LogP contribution in [0.5, 0.6) is 0 Å². The second-order valence-electron chi connectivity index (χ2n) is 10.7. The average molecular weight is 542 g/mol. The maximum atomic E-state index is 12.8. The molecule has 9 nitrogen and oxygen atoms in total. The van der Waals surface area contributed by atoms with Crippen LogP contribution in [0.4, 0.5) is 17.5 Å². The quantitative estimate of drug-likeness (QED) is 0.320. The zero-order chi connectivity index (χ0) is 26.5. The van der Waals surface area contributed by atoms with Gasteiger partial charge in [0.05, 0.1) is 17.8 Å². The highest BCUT2D eigenvalue weighted by molar-refractivity contribution is 6.30. The molecule has 0 spiro atoms. The minimum Gasteiger partial charge on any atom is -0.364 e. The molecule has 1 aromatic carbocycles. The van der Waals surface area contributed by atoms with Gasteiger partial charge >= 0.3 is 0 Å². The van der Waals surface area contributed by atoms with Crippen molar-refractivity contribution in [2.75, 3.05) is 22.1 Å². The molecule has 10 heteroatoms. The van der Waals surface area contributed by atoms with Gasteiger partial charge < -0.3 is 10.6 Å². The molecule has 2 saturated carbocycles. The van der Waals surface area contributed by atoms with E-state index in [0.717, 1.165) is 42.0 Å². The molecule has 2 N–H and O–H groups in total. The van der Waals surface area contributed by atoms with Crippen LogP contribution in [0, 0.1) is 5.92 Å². The van der Waals surface area contributed by atoms with E-state index in [-0.39, 0.29) is 23.7 Å². The van der Waals surface area contributed by atoms with Crippen LogP contribution < -0.4 is 15.5 Å². The van der Waals surface area contributed by atoms with Gasteiger partial charge in [-0.3, -0.25) is 14.5 Å². The molecule has 3 aliphatic rings. The summed E-state index contributed by atoms with van der Waals surface area (Å²) >= 11 is 6.11. The predicted octanol–water partition coefficient (Wildman–Crippen LogP) is 5.14. The van der Waals surface area contributed by atoms with E-state index in [0.29, 0.717) is 35.5 Å². The van der Waals surface area contributed by atoms with Gasteiger partial charge in [0.1, 0.15) is 23.8 Å². The number of aromatic nitrogens is 4. The van der Waals surface area contributed by atoms with Crippen LogP contribution in [0.3, 0.4) is 0 Å². The maximum Gasteiger partial charge on any atom is 0.229 e. The Balaban J connectivity index is 1.04. The molecule has 198 valence electrons. The van der Waals surface area contributed by atoms with Gasteiger partial charge in [0, 0.05) is 30.0 Å². The predicted molar refractivity (Wildman–Crippen MR) is 149 cm³/mol. The van der Waals surface area contributed by atoms with Crippen LogP contribution in [0.15, 0.2) is 54.9 Å². The molecule has 3 fully saturated rings. The number of anilines is 3. The van der Waals surface area contributed by atoms with E-state index in [1.54, 1.807) is 6.07 Å². The summed E-state index contributed by atoms with van der Waals surface area (Å²) in [6.45, 7) is 1.17. The number of amides is 2. The molecule has 4 heterocycles. The van der Waals surface area contributed by atoms with Crippen LogP contribution in [0.1, 0.15) is 60.8 Å². The normalized spacial score (nSPS) is 20.4. The maximum absolute atomic E-state index is 12.8. The fraction of sp³-hybridized carbons (Fsp3) is 0.345. The van der Waals surface area contributed by atoms with Crippen molar-refractivity contribution in [2.24, 2.45) is 5.92 Å². The Labute approximate surface area is 230 Å². The highest BCUT2D eigenvalue weighted by Crippen LogP contribution is 2.48. The summed E-state index contributed by atoms with van der Waals surface area (Å²) in [5.74, 6) is 2.66. The van der Waals surface area contributed by atoms with Crippen LogP contribution in [-0.4, -0.2) is 37.9 Å². The third kappa shape index (κ3) is 4.94. The first-order chi connectivity index (χ1) is 19.0. The van der Waals surface area contributed by atoms with Crippen molar-refractivity contribution in [3.8, 4) is 0 Å². The Morgan fingerprint density at radius 1 is 1.05 bits per heavy atom. The second-order valence-corrected chi connectivity index (χ2v) is 11.1. The van der Waals surface area contributed by atoms with Gasteiger partial charge in [0.15, 0.2) is 0 Å². The number of pyridine rings is 1. The molecule has 0 unspecified atom stereocenters. The minimum atomic E-state index is -0.0926. The first kappa shape index (κ1) is 24.1. The van der Waals surface area contributed by atoms with Gasteiger partial charge in [-0.25, -0.2) is 14.5 Å². The van der Waals surface area contributed by atoms with Crippen molar-refractivity contribution in [3.05, 3.63) is 76.7 Å². The fourth-order valence-corrected chi connectivity index (χ4v) is 5.69. The molecule has 1 saturated heterocycles. The van der Waals surface area contributed by atoms with Crippen LogP contribution in [0.2, 0.25) is 5.02 Å². The smallest absolute Gasteiger partial charge is 0.229 e. The zero-order valence-electron chi connectivity index (χ0n) is 21.3. The Morgan fingerprint density at radius 2 is 1.92 bits per heavy atom. The standard InChI is InChI=1S/C29H28ClN7O2/c30-20-4-1-3-18(9-20)23-13-24(23)29(39)34-26-14-25(32-16-33-26)31-15-21-12-22-10-19(17-6-7-17)11-27(37(22)35-21)36-8-2-5-28(36)38/h1,3-4,9-12,14,16-17,23-24H,2,5-8,13,15H2,(H2,31,32,33,34,39)/t23-,24+/m1/s1. The fourth-order valence-electron chi connectivity index (χ4n) is 5.49. The number of carbonyl (C=O) groups excluding carboxylic acids is 2. The van der Waals surface area contributed by atoms with Gasteiger partial charge in [0.25, 0.3) is 0 Å². The van der Waals surface area contributed by atoms with Gasteiger partial charge in [-0.2, -0.15) is 5.10 Å². The topological polar surface area (TPSA) is 105 Å². The van der Waals surface area contributed by atoms with Crippen molar-refractivity contribution in [1.82, 2.24) is 19.6 Å². The van der Waals surface area contributed by atoms with Crippen molar-refractivity contribution in [3.63, 3.8) is 0 Å². The molecule has 2 atom stereocenters. The van der Waals surface area contributed by atoms with E-state index >= 15 is 0 Å². The minimum absolute atomic E-state index is 0.0552. The number of hydrogen-bond donors (Lipinski definition) is 2. The van der Waals surface area contributed by atoms with Crippen molar-refractivity contribution in [2.45, 2.75) is 50.5 Å². The zero-order valence-corrected chi connectivity index (χ0v) is 22.1. The molecule has 39 heavy (non-hydrogen) atoms. The van der Waals surface area contributed by atoms with Crippen LogP contribution in [0.25, 0.3) is 5.52 Å². The molecule has 3 aromatic heterocycles. The number of rotatable bonds is 8. The summed E-state index contributed by atoms with van der Waals surface area (Å²) in [6.07, 6.45) is 6.07. The second kappa shape index (κ2) is 9.64. The summed E-state index contributed by atoms with van der Waals surface area (Å²) in [5.41, 5.74) is 4.19. The van der Waals surface area contributed by atoms with E-state index < -0.39 is 0 Å². The third-order valence-electron chi connectivity index (χ3n) is 7.79. The average Bonchev–Trinajstić information content (AvgIpc) is 3.85. The number of carbonyl (C=O) groups is 2. The van der Waals surface area contributed by atoms with E-state index in [1.807, 2.05) is 33.7 Å². The lowest BCUT2D eigenvalue weighted by atomic mass is 10.1. The monoisotopic (exact) mass is 541 g/mol. The lowest BCUT2D eigenvalue weighted by Gasteiger charge is -2.18. The first-order valence-electron chi connectivity index (χ1n) is 13.5. The molecule has 4 aromatic rings. The Bertz CT molecular complexity index is 1600. The van der Waals surface area contributed by atoms with Gasteiger partial charge in [-0.15, -0.1) is 0 Å². The largest absolute Gasteiger partial charge is 0.364 e. The Hall–Kier alpha value is -3.98. The molecule has 0 bridgehead atoms. The van der Waals surface area contributed by atoms with Crippen LogP contribution >= 0.6 is 11.6 Å². The molecule has 2 amide bonds. The molecule has 2 aliphatic carbocycles. The van der Waals surface area contributed by atoms with E-state index in [9.17, 15) is 9.59 Å². The van der Waals surface area contributed by atoms with Gasteiger partial charge in [-0.1, -0.05) is 23.7 Å². The van der Waals surface area contributed by atoms with E-state index in [2.05, 4.69) is 38.8 Å². The number of halogens is 1. The highest BCUT2D eigenvalue weighted by atomic mass is 35.5. The number of hydrogen-bond acceptors (Lipinski definition) is 6. The molecule has 7 rings (SSSR count). The molecular formula is C29H28ClN7O2. The lowest BCUT2D eigenvalue weighted by Crippen LogP contribution is -2.26. The van der Waals surface area contributed by atoms with Gasteiger partial charge in [-0.05, 0) is 79.0 Å². The van der Waals surface area contributed by atoms with Crippen molar-refractivity contribution >= 4 is 46.4 Å². The van der Waals surface area contributed by atoms with Crippen molar-refractivity contribution in [1.29, 1.82) is 0 Å². The van der Waals surface area contributed by atoms with Gasteiger partial charge in [0.2, 0.25) is 11.8 Å². The van der Waals surface area contributed by atoms with E-state index in [1.165, 1.54) is 24.7 Å². The number of nitrogens with zero attached hydrogens (tertiary/aromatic N) is 5. The summed E-state index contributed by atoms with van der Waals surface area (Å²) < 4.78 is 1.88. The first-order valence-corrected chi connectivity index (χ1v) is 13.8. The van der Waals surface area contributed by atoms with Crippen LogP contribution in [-0.2, 0) is 16.1 Å². The molecule has 1 aliphatic heterocycles. The summed E-state index contributed by atoms with van der Waals surface area (Å²) in [5, 5.41) is 11.7. The van der Waals surface area contributed by atoms with Crippen molar-refractivity contribution < 1.29 is 9.59 Å². The summed E-state index contributed by atoms with van der Waals surface area (Å²) in [7, 11) is 0. The SMILES string of the molecule is O=C(Nc1cc(NCc2cc3cc(C4CC4)cc(N4CCCC4=O)n3n2)ncn1)[C@H]1C[C@@H]1c1cccc(Cl)c1. The Kier molecular flexibility index (Phi) is 5.96. The highest BCUT2D eigenvalue weighted by Gasteiger charge is 2.44.